The smallest absolute Gasteiger partial charge is 0.251 e. The number of likely N-dealkylation sites (N-methyl/N-ethyl adjacent to an activating group) is 1. The lowest BCUT2D eigenvalue weighted by atomic mass is 10.1. The summed E-state index contributed by atoms with van der Waals surface area (Å²) in [5.74, 6) is 0.785. The number of amides is 2. The Bertz CT molecular complexity index is 539. The topological polar surface area (TPSA) is 77.1 Å². The van der Waals surface area contributed by atoms with Crippen molar-refractivity contribution in [1.29, 1.82) is 0 Å². The quantitative estimate of drug-likeness (QED) is 0.846. The fourth-order valence-electron chi connectivity index (χ4n) is 2.13. The van der Waals surface area contributed by atoms with Crippen LogP contribution < -0.4 is 14.8 Å². The summed E-state index contributed by atoms with van der Waals surface area (Å²) in [7, 11) is 4.77. The van der Waals surface area contributed by atoms with Gasteiger partial charge in [-0.25, -0.2) is 0 Å². The largest absolute Gasteiger partial charge is 0.497 e. The van der Waals surface area contributed by atoms with E-state index in [4.69, 9.17) is 14.2 Å². The van der Waals surface area contributed by atoms with Crippen molar-refractivity contribution in [1.82, 2.24) is 10.2 Å². The number of morpholine rings is 1. The summed E-state index contributed by atoms with van der Waals surface area (Å²) in [5, 5.41) is 2.79. The summed E-state index contributed by atoms with van der Waals surface area (Å²) >= 11 is 0. The minimum Gasteiger partial charge on any atom is -0.497 e. The highest BCUT2D eigenvalue weighted by molar-refractivity contribution is 5.95. The van der Waals surface area contributed by atoms with Gasteiger partial charge in [0.15, 0.2) is 0 Å². The number of rotatable bonds is 5. The highest BCUT2D eigenvalue weighted by atomic mass is 16.5. The first-order valence-corrected chi connectivity index (χ1v) is 6.90. The van der Waals surface area contributed by atoms with E-state index in [1.165, 1.54) is 14.2 Å². The number of nitrogens with zero attached hydrogens (tertiary/aromatic N) is 1. The molecule has 1 fully saturated rings. The van der Waals surface area contributed by atoms with Gasteiger partial charge in [0.1, 0.15) is 18.1 Å². The molecule has 120 valence electrons. The third kappa shape index (κ3) is 3.88. The molecule has 1 atom stereocenters. The van der Waals surface area contributed by atoms with Gasteiger partial charge in [0, 0.05) is 31.8 Å². The van der Waals surface area contributed by atoms with Gasteiger partial charge in [0.05, 0.1) is 20.3 Å². The van der Waals surface area contributed by atoms with Gasteiger partial charge < -0.3 is 24.4 Å². The van der Waals surface area contributed by atoms with Gasteiger partial charge in [0.2, 0.25) is 5.91 Å². The van der Waals surface area contributed by atoms with E-state index < -0.39 is 0 Å². The Morgan fingerprint density at radius 2 is 1.95 bits per heavy atom. The van der Waals surface area contributed by atoms with E-state index in [0.717, 1.165) is 0 Å². The predicted molar refractivity (Wildman–Crippen MR) is 79.3 cm³/mol. The minimum absolute atomic E-state index is 0.0457. The second-order valence-electron chi connectivity index (χ2n) is 5.02. The number of benzene rings is 1. The van der Waals surface area contributed by atoms with Gasteiger partial charge in [0.25, 0.3) is 5.91 Å². The average molecular weight is 308 g/mol. The van der Waals surface area contributed by atoms with Crippen LogP contribution in [0.25, 0.3) is 0 Å². The lowest BCUT2D eigenvalue weighted by Gasteiger charge is -2.29. The normalized spacial score (nSPS) is 18.0. The molecule has 1 heterocycles. The van der Waals surface area contributed by atoms with Gasteiger partial charge in [-0.1, -0.05) is 0 Å². The Balaban J connectivity index is 1.96. The zero-order valence-corrected chi connectivity index (χ0v) is 12.9. The maximum Gasteiger partial charge on any atom is 0.251 e. The maximum atomic E-state index is 12.2. The summed E-state index contributed by atoms with van der Waals surface area (Å²) < 4.78 is 15.7. The standard InChI is InChI=1S/C15H20N2O5/c1-17-8-13(22-9-14(17)18)7-16-15(19)10-4-11(20-2)6-12(5-10)21-3/h4-6,13H,7-9H2,1-3H3,(H,16,19). The number of ether oxygens (including phenoxy) is 3. The molecule has 0 saturated carbocycles. The van der Waals surface area contributed by atoms with Crippen molar-refractivity contribution in [2.24, 2.45) is 0 Å². The van der Waals surface area contributed by atoms with E-state index >= 15 is 0 Å². The molecule has 1 aromatic carbocycles. The predicted octanol–water partition coefficient (Wildman–Crippen LogP) is 0.291. The number of hydrogen-bond acceptors (Lipinski definition) is 5. The van der Waals surface area contributed by atoms with Crippen LogP contribution in [0.5, 0.6) is 11.5 Å². The summed E-state index contributed by atoms with van der Waals surface area (Å²) in [5.41, 5.74) is 0.441. The third-order valence-electron chi connectivity index (χ3n) is 3.45. The molecular weight excluding hydrogens is 288 g/mol. The van der Waals surface area contributed by atoms with Crippen molar-refractivity contribution in [3.63, 3.8) is 0 Å². The van der Waals surface area contributed by atoms with Crippen LogP contribution in [0.15, 0.2) is 18.2 Å². The lowest BCUT2D eigenvalue weighted by Crippen LogP contribution is -2.48. The summed E-state index contributed by atoms with van der Waals surface area (Å²) in [6.07, 6.45) is -0.209. The molecule has 2 amide bonds. The molecular formula is C15H20N2O5. The zero-order chi connectivity index (χ0) is 16.1. The van der Waals surface area contributed by atoms with E-state index in [9.17, 15) is 9.59 Å². The highest BCUT2D eigenvalue weighted by Gasteiger charge is 2.24. The molecule has 22 heavy (non-hydrogen) atoms. The van der Waals surface area contributed by atoms with Crippen LogP contribution in [-0.4, -0.2) is 63.8 Å². The molecule has 1 unspecified atom stereocenters. The summed E-state index contributed by atoms with van der Waals surface area (Å²) in [6, 6.07) is 4.96. The minimum atomic E-state index is -0.250. The van der Waals surface area contributed by atoms with Crippen molar-refractivity contribution in [3.05, 3.63) is 23.8 Å². The van der Waals surface area contributed by atoms with E-state index in [2.05, 4.69) is 5.32 Å². The SMILES string of the molecule is COc1cc(OC)cc(C(=O)NCC2CN(C)C(=O)CO2)c1. The molecule has 0 aliphatic carbocycles. The Hall–Kier alpha value is -2.28. The zero-order valence-electron chi connectivity index (χ0n) is 12.9. The van der Waals surface area contributed by atoms with Gasteiger partial charge >= 0.3 is 0 Å². The number of carbonyl (C=O) groups excluding carboxylic acids is 2. The molecule has 7 nitrogen and oxygen atoms in total. The molecule has 1 saturated heterocycles. The van der Waals surface area contributed by atoms with Crippen molar-refractivity contribution in [2.75, 3.05) is 41.0 Å². The first-order valence-electron chi connectivity index (χ1n) is 6.90. The van der Waals surface area contributed by atoms with Gasteiger partial charge in [-0.3, -0.25) is 9.59 Å². The molecule has 2 rings (SSSR count). The second kappa shape index (κ2) is 7.13. The van der Waals surface area contributed by atoms with Crippen LogP contribution in [-0.2, 0) is 9.53 Å². The molecule has 0 spiro atoms. The van der Waals surface area contributed by atoms with Crippen molar-refractivity contribution >= 4 is 11.8 Å². The van der Waals surface area contributed by atoms with Crippen LogP contribution in [0, 0.1) is 0 Å². The molecule has 0 radical (unpaired) electrons. The molecule has 0 bridgehead atoms. The number of nitrogens with one attached hydrogen (secondary N) is 1. The molecule has 7 heteroatoms. The molecule has 1 aliphatic rings. The van der Waals surface area contributed by atoms with Crippen LogP contribution in [0.1, 0.15) is 10.4 Å². The fourth-order valence-corrected chi connectivity index (χ4v) is 2.13. The maximum absolute atomic E-state index is 12.2. The van der Waals surface area contributed by atoms with Crippen LogP contribution >= 0.6 is 0 Å². The van der Waals surface area contributed by atoms with E-state index in [1.807, 2.05) is 0 Å². The third-order valence-corrected chi connectivity index (χ3v) is 3.45. The molecule has 1 N–H and O–H groups in total. The van der Waals surface area contributed by atoms with Crippen molar-refractivity contribution in [3.8, 4) is 11.5 Å². The Morgan fingerprint density at radius 3 is 2.50 bits per heavy atom. The van der Waals surface area contributed by atoms with Crippen LogP contribution in [0.4, 0.5) is 0 Å². The van der Waals surface area contributed by atoms with Crippen LogP contribution in [0.2, 0.25) is 0 Å². The van der Waals surface area contributed by atoms with Crippen molar-refractivity contribution in [2.45, 2.75) is 6.10 Å². The average Bonchev–Trinajstić information content (AvgIpc) is 2.55. The number of carbonyl (C=O) groups is 2. The summed E-state index contributed by atoms with van der Waals surface area (Å²) in [4.78, 5) is 25.1. The van der Waals surface area contributed by atoms with Gasteiger partial charge in [-0.05, 0) is 12.1 Å². The van der Waals surface area contributed by atoms with Gasteiger partial charge in [-0.2, -0.15) is 0 Å². The Kier molecular flexibility index (Phi) is 5.21. The molecule has 1 aromatic rings. The van der Waals surface area contributed by atoms with E-state index in [-0.39, 0.29) is 24.5 Å². The highest BCUT2D eigenvalue weighted by Crippen LogP contribution is 2.22. The second-order valence-corrected chi connectivity index (χ2v) is 5.02. The van der Waals surface area contributed by atoms with E-state index in [0.29, 0.717) is 30.2 Å². The van der Waals surface area contributed by atoms with Gasteiger partial charge in [-0.15, -0.1) is 0 Å². The Labute approximate surface area is 129 Å². The number of methoxy groups -OCH3 is 2. The fraction of sp³-hybridized carbons (Fsp3) is 0.467. The lowest BCUT2D eigenvalue weighted by molar-refractivity contribution is -0.146. The Morgan fingerprint density at radius 1 is 1.32 bits per heavy atom. The first-order chi connectivity index (χ1) is 10.5. The monoisotopic (exact) mass is 308 g/mol. The van der Waals surface area contributed by atoms with Crippen molar-refractivity contribution < 1.29 is 23.8 Å². The summed E-state index contributed by atoms with van der Waals surface area (Å²) in [6.45, 7) is 0.834. The number of hydrogen-bond donors (Lipinski definition) is 1. The first kappa shape index (κ1) is 16.1. The van der Waals surface area contributed by atoms with Crippen LogP contribution in [0.3, 0.4) is 0 Å². The molecule has 1 aliphatic heterocycles. The van der Waals surface area contributed by atoms with E-state index in [1.54, 1.807) is 30.1 Å². The molecule has 0 aromatic heterocycles.